The van der Waals surface area contributed by atoms with Gasteiger partial charge in [-0.2, -0.15) is 5.10 Å². The second kappa shape index (κ2) is 8.71. The number of amides is 1. The number of hydrogen-bond acceptors (Lipinski definition) is 6. The second-order valence-corrected chi connectivity index (χ2v) is 9.42. The molecule has 1 aliphatic rings. The number of piperidine rings is 1. The predicted molar refractivity (Wildman–Crippen MR) is 121 cm³/mol. The summed E-state index contributed by atoms with van der Waals surface area (Å²) in [6.07, 6.45) is 4.27. The summed E-state index contributed by atoms with van der Waals surface area (Å²) in [6.45, 7) is 11.6. The summed E-state index contributed by atoms with van der Waals surface area (Å²) in [5, 5.41) is 8.77. The number of carbonyl (C=O) groups is 1. The minimum absolute atomic E-state index is 0.0811. The lowest BCUT2D eigenvalue weighted by atomic mass is 9.95. The second-order valence-electron chi connectivity index (χ2n) is 8.22. The zero-order valence-electron chi connectivity index (χ0n) is 18.2. The molecule has 30 heavy (non-hydrogen) atoms. The molecule has 3 aromatic rings. The van der Waals surface area contributed by atoms with E-state index < -0.39 is 0 Å². The predicted octanol–water partition coefficient (Wildman–Crippen LogP) is 3.54. The molecule has 0 saturated carbocycles. The average Bonchev–Trinajstić information content (AvgIpc) is 3.22. The van der Waals surface area contributed by atoms with E-state index in [0.717, 1.165) is 55.2 Å². The van der Waals surface area contributed by atoms with Crippen molar-refractivity contribution in [1.29, 1.82) is 0 Å². The van der Waals surface area contributed by atoms with E-state index in [1.54, 1.807) is 17.7 Å². The fourth-order valence-corrected chi connectivity index (χ4v) is 5.23. The maximum Gasteiger partial charge on any atom is 0.223 e. The molecule has 0 aliphatic carbocycles. The first-order chi connectivity index (χ1) is 14.4. The maximum absolute atomic E-state index is 12.6. The van der Waals surface area contributed by atoms with Crippen LogP contribution in [-0.2, 0) is 11.3 Å². The van der Waals surface area contributed by atoms with Gasteiger partial charge in [-0.05, 0) is 58.6 Å². The fourth-order valence-electron chi connectivity index (χ4n) is 4.24. The van der Waals surface area contributed by atoms with Crippen LogP contribution in [0.3, 0.4) is 0 Å². The molecule has 0 unspecified atom stereocenters. The van der Waals surface area contributed by atoms with E-state index in [2.05, 4.69) is 52.1 Å². The summed E-state index contributed by atoms with van der Waals surface area (Å²) >= 11 is 1.73. The highest BCUT2D eigenvalue weighted by molar-refractivity contribution is 7.18. The minimum Gasteiger partial charge on any atom is -0.356 e. The first-order valence-corrected chi connectivity index (χ1v) is 11.5. The highest BCUT2D eigenvalue weighted by atomic mass is 32.1. The number of nitrogens with one attached hydrogen (secondary N) is 1. The van der Waals surface area contributed by atoms with Crippen LogP contribution < -0.4 is 10.2 Å². The van der Waals surface area contributed by atoms with E-state index in [0.29, 0.717) is 6.54 Å². The Labute approximate surface area is 181 Å². The Balaban J connectivity index is 1.28. The molecular weight excluding hydrogens is 396 g/mol. The molecule has 0 atom stereocenters. The van der Waals surface area contributed by atoms with Gasteiger partial charge in [0.1, 0.15) is 17.0 Å². The van der Waals surface area contributed by atoms with Crippen molar-refractivity contribution in [3.8, 4) is 0 Å². The monoisotopic (exact) mass is 426 g/mol. The first-order valence-electron chi connectivity index (χ1n) is 10.7. The van der Waals surface area contributed by atoms with Crippen LogP contribution >= 0.6 is 11.3 Å². The lowest BCUT2D eigenvalue weighted by molar-refractivity contribution is -0.125. The molecule has 1 amide bonds. The number of nitrogens with zero attached hydrogens (tertiary/aromatic N) is 5. The molecule has 1 fully saturated rings. The summed E-state index contributed by atoms with van der Waals surface area (Å²) in [4.78, 5) is 26.3. The van der Waals surface area contributed by atoms with Crippen molar-refractivity contribution in [3.63, 3.8) is 0 Å². The number of anilines is 1. The summed E-state index contributed by atoms with van der Waals surface area (Å²) in [5.41, 5.74) is 3.48. The Morgan fingerprint density at radius 2 is 1.97 bits per heavy atom. The molecule has 0 spiro atoms. The number of thiophene rings is 1. The van der Waals surface area contributed by atoms with Gasteiger partial charge in [-0.25, -0.2) is 9.97 Å². The molecule has 1 aliphatic heterocycles. The topological polar surface area (TPSA) is 75.9 Å². The Bertz CT molecular complexity index is 1050. The van der Waals surface area contributed by atoms with Crippen LogP contribution in [0.15, 0.2) is 12.4 Å². The van der Waals surface area contributed by atoms with Crippen LogP contribution in [0, 0.1) is 33.6 Å². The summed E-state index contributed by atoms with van der Waals surface area (Å²) in [5.74, 6) is 1.28. The van der Waals surface area contributed by atoms with Crippen LogP contribution in [0.2, 0.25) is 0 Å². The number of aromatic nitrogens is 4. The third-order valence-corrected chi connectivity index (χ3v) is 7.18. The molecular formula is C22H30N6OS. The van der Waals surface area contributed by atoms with Crippen molar-refractivity contribution >= 4 is 33.3 Å². The highest BCUT2D eigenvalue weighted by Gasteiger charge is 2.27. The van der Waals surface area contributed by atoms with Crippen molar-refractivity contribution < 1.29 is 4.79 Å². The van der Waals surface area contributed by atoms with Gasteiger partial charge in [0.25, 0.3) is 0 Å². The standard InChI is InChI=1S/C22H30N6OS/c1-14-12-15(2)28(26-14)9-5-8-23-21(29)18-6-10-27(11-7-18)20-19-16(3)17(4)30-22(19)25-13-24-20/h12-13,18H,5-11H2,1-4H3,(H,23,29). The molecule has 1 N–H and O–H groups in total. The summed E-state index contributed by atoms with van der Waals surface area (Å²) < 4.78 is 2.01. The van der Waals surface area contributed by atoms with E-state index in [1.807, 2.05) is 11.6 Å². The molecule has 8 heteroatoms. The molecule has 3 aromatic heterocycles. The number of aryl methyl sites for hydroxylation is 5. The van der Waals surface area contributed by atoms with Gasteiger partial charge in [0.2, 0.25) is 5.91 Å². The zero-order chi connectivity index (χ0) is 21.3. The van der Waals surface area contributed by atoms with Gasteiger partial charge >= 0.3 is 0 Å². The Hall–Kier alpha value is -2.48. The maximum atomic E-state index is 12.6. The van der Waals surface area contributed by atoms with Crippen LogP contribution in [0.4, 0.5) is 5.82 Å². The quantitative estimate of drug-likeness (QED) is 0.610. The third kappa shape index (κ3) is 4.19. The average molecular weight is 427 g/mol. The van der Waals surface area contributed by atoms with Gasteiger partial charge in [0.05, 0.1) is 11.1 Å². The highest BCUT2D eigenvalue weighted by Crippen LogP contribution is 2.35. The van der Waals surface area contributed by atoms with E-state index >= 15 is 0 Å². The van der Waals surface area contributed by atoms with Gasteiger partial charge in [-0.3, -0.25) is 9.48 Å². The van der Waals surface area contributed by atoms with Gasteiger partial charge in [0, 0.05) is 42.7 Å². The van der Waals surface area contributed by atoms with Crippen LogP contribution in [0.25, 0.3) is 10.2 Å². The van der Waals surface area contributed by atoms with Crippen LogP contribution in [-0.4, -0.2) is 45.3 Å². The molecule has 160 valence electrons. The Morgan fingerprint density at radius 1 is 1.20 bits per heavy atom. The van der Waals surface area contributed by atoms with E-state index in [1.165, 1.54) is 21.5 Å². The van der Waals surface area contributed by atoms with Crippen molar-refractivity contribution in [1.82, 2.24) is 25.1 Å². The molecule has 4 rings (SSSR count). The minimum atomic E-state index is 0.0811. The third-order valence-electron chi connectivity index (χ3n) is 6.06. The van der Waals surface area contributed by atoms with Crippen molar-refractivity contribution in [2.24, 2.45) is 5.92 Å². The van der Waals surface area contributed by atoms with Crippen molar-refractivity contribution in [2.75, 3.05) is 24.5 Å². The van der Waals surface area contributed by atoms with Gasteiger partial charge in [-0.15, -0.1) is 11.3 Å². The van der Waals surface area contributed by atoms with Gasteiger partial charge < -0.3 is 10.2 Å². The smallest absolute Gasteiger partial charge is 0.223 e. The fraction of sp³-hybridized carbons (Fsp3) is 0.545. The van der Waals surface area contributed by atoms with Crippen molar-refractivity contribution in [2.45, 2.75) is 53.5 Å². The van der Waals surface area contributed by atoms with E-state index in [9.17, 15) is 4.79 Å². The Morgan fingerprint density at radius 3 is 2.67 bits per heavy atom. The van der Waals surface area contributed by atoms with Gasteiger partial charge in [-0.1, -0.05) is 0 Å². The summed E-state index contributed by atoms with van der Waals surface area (Å²) in [7, 11) is 0. The van der Waals surface area contributed by atoms with E-state index in [4.69, 9.17) is 0 Å². The van der Waals surface area contributed by atoms with Crippen molar-refractivity contribution in [3.05, 3.63) is 34.2 Å². The SMILES string of the molecule is Cc1cc(C)n(CCCNC(=O)C2CCN(c3ncnc4sc(C)c(C)c34)CC2)n1. The molecule has 7 nitrogen and oxygen atoms in total. The molecule has 0 radical (unpaired) electrons. The van der Waals surface area contributed by atoms with Crippen LogP contribution in [0.1, 0.15) is 41.1 Å². The first kappa shape index (κ1) is 20.8. The number of carbonyl (C=O) groups excluding carboxylic acids is 1. The van der Waals surface area contributed by atoms with E-state index in [-0.39, 0.29) is 11.8 Å². The largest absolute Gasteiger partial charge is 0.356 e. The number of fused-ring (bicyclic) bond motifs is 1. The zero-order valence-corrected chi connectivity index (χ0v) is 19.1. The molecule has 1 saturated heterocycles. The lowest BCUT2D eigenvalue weighted by Crippen LogP contribution is -2.41. The Kier molecular flexibility index (Phi) is 6.04. The molecule has 0 aromatic carbocycles. The lowest BCUT2D eigenvalue weighted by Gasteiger charge is -2.32. The van der Waals surface area contributed by atoms with Gasteiger partial charge in [0.15, 0.2) is 0 Å². The normalized spacial score (nSPS) is 15.1. The number of hydrogen-bond donors (Lipinski definition) is 1. The molecule has 0 bridgehead atoms. The van der Waals surface area contributed by atoms with Crippen LogP contribution in [0.5, 0.6) is 0 Å². The summed E-state index contributed by atoms with van der Waals surface area (Å²) in [6, 6.07) is 2.08. The molecule has 4 heterocycles. The number of rotatable bonds is 6.